The smallest absolute Gasteiger partial charge is 0.165 e. The number of hydrogen-bond acceptors (Lipinski definition) is 9. The molecule has 0 bridgehead atoms. The van der Waals surface area contributed by atoms with E-state index >= 15 is 0 Å². The summed E-state index contributed by atoms with van der Waals surface area (Å²) in [4.78, 5) is 19.9. The van der Waals surface area contributed by atoms with Gasteiger partial charge in [-0.1, -0.05) is 0 Å². The van der Waals surface area contributed by atoms with Gasteiger partial charge in [0.15, 0.2) is 11.5 Å². The zero-order valence-corrected chi connectivity index (χ0v) is 18.0. The van der Waals surface area contributed by atoms with Gasteiger partial charge in [0, 0.05) is 42.7 Å². The highest BCUT2D eigenvalue weighted by Gasteiger charge is 2.24. The standard InChI is InChI=1S/C23H26N6O3/c1-30-19-11-21-20(31-8-9-32-21)10-17(19)15-29-6-2-16(3-7-29)18-12-25-14-23(27-18)28-22-13-24-4-5-26-22/h4-5,10-14,16H,2-3,6-9,15H2,1H3,(H,26,27,28). The molecule has 2 aromatic heterocycles. The first-order chi connectivity index (χ1) is 15.8. The first-order valence-electron chi connectivity index (χ1n) is 10.8. The Labute approximate surface area is 186 Å². The molecule has 0 atom stereocenters. The molecular formula is C23H26N6O3. The van der Waals surface area contributed by atoms with Crippen molar-refractivity contribution in [1.82, 2.24) is 24.8 Å². The largest absolute Gasteiger partial charge is 0.496 e. The molecule has 0 amide bonds. The van der Waals surface area contributed by atoms with Gasteiger partial charge in [-0.05, 0) is 32.0 Å². The third-order valence-corrected chi connectivity index (χ3v) is 5.82. The molecule has 1 fully saturated rings. The molecule has 0 unspecified atom stereocenters. The van der Waals surface area contributed by atoms with Crippen LogP contribution in [0.1, 0.15) is 30.0 Å². The maximum absolute atomic E-state index is 5.75. The Balaban J connectivity index is 1.22. The van der Waals surface area contributed by atoms with Gasteiger partial charge in [0.25, 0.3) is 0 Å². The minimum absolute atomic E-state index is 0.379. The number of nitrogens with one attached hydrogen (secondary N) is 1. The van der Waals surface area contributed by atoms with Crippen LogP contribution in [0.15, 0.2) is 43.1 Å². The van der Waals surface area contributed by atoms with E-state index in [1.165, 1.54) is 0 Å². The first-order valence-corrected chi connectivity index (χ1v) is 10.8. The molecule has 3 aromatic rings. The Morgan fingerprint density at radius 1 is 1.00 bits per heavy atom. The number of fused-ring (bicyclic) bond motifs is 1. The SMILES string of the molecule is COc1cc2c(cc1CN1CCC(c3cncc(Nc4cnccn4)n3)CC1)OCCO2. The van der Waals surface area contributed by atoms with E-state index in [-0.39, 0.29) is 0 Å². The molecule has 9 nitrogen and oxygen atoms in total. The van der Waals surface area contributed by atoms with Gasteiger partial charge in [-0.25, -0.2) is 9.97 Å². The molecule has 1 saturated heterocycles. The highest BCUT2D eigenvalue weighted by atomic mass is 16.6. The number of ether oxygens (including phenoxy) is 3. The molecule has 2 aliphatic rings. The minimum Gasteiger partial charge on any atom is -0.496 e. The van der Waals surface area contributed by atoms with Crippen LogP contribution in [0.2, 0.25) is 0 Å². The van der Waals surface area contributed by atoms with E-state index in [9.17, 15) is 0 Å². The fourth-order valence-electron chi connectivity index (χ4n) is 4.19. The van der Waals surface area contributed by atoms with Crippen LogP contribution in [0.25, 0.3) is 0 Å². The number of hydrogen-bond donors (Lipinski definition) is 1. The van der Waals surface area contributed by atoms with Crippen molar-refractivity contribution >= 4 is 11.6 Å². The molecule has 32 heavy (non-hydrogen) atoms. The second kappa shape index (κ2) is 9.35. The van der Waals surface area contributed by atoms with Crippen LogP contribution in [-0.4, -0.2) is 58.2 Å². The van der Waals surface area contributed by atoms with Crippen molar-refractivity contribution in [2.24, 2.45) is 0 Å². The minimum atomic E-state index is 0.379. The molecule has 0 radical (unpaired) electrons. The molecule has 166 valence electrons. The van der Waals surface area contributed by atoms with Gasteiger partial charge < -0.3 is 19.5 Å². The van der Waals surface area contributed by atoms with E-state index in [1.807, 2.05) is 18.3 Å². The van der Waals surface area contributed by atoms with Crippen LogP contribution in [0.4, 0.5) is 11.6 Å². The number of methoxy groups -OCH3 is 1. The lowest BCUT2D eigenvalue weighted by molar-refractivity contribution is 0.169. The van der Waals surface area contributed by atoms with Crippen molar-refractivity contribution < 1.29 is 14.2 Å². The van der Waals surface area contributed by atoms with Crippen molar-refractivity contribution in [3.63, 3.8) is 0 Å². The van der Waals surface area contributed by atoms with Crippen LogP contribution in [-0.2, 0) is 6.54 Å². The molecule has 4 heterocycles. The van der Waals surface area contributed by atoms with Crippen molar-refractivity contribution in [3.8, 4) is 17.2 Å². The van der Waals surface area contributed by atoms with E-state index in [2.05, 4.69) is 25.2 Å². The molecule has 0 saturated carbocycles. The summed E-state index contributed by atoms with van der Waals surface area (Å²) in [5.41, 5.74) is 2.13. The van der Waals surface area contributed by atoms with Crippen LogP contribution < -0.4 is 19.5 Å². The van der Waals surface area contributed by atoms with Crippen molar-refractivity contribution in [2.45, 2.75) is 25.3 Å². The number of anilines is 2. The second-order valence-electron chi connectivity index (χ2n) is 7.90. The number of piperidine rings is 1. The van der Waals surface area contributed by atoms with Gasteiger partial charge in [-0.2, -0.15) is 0 Å². The van der Waals surface area contributed by atoms with E-state index in [0.29, 0.717) is 30.8 Å². The highest BCUT2D eigenvalue weighted by molar-refractivity contribution is 5.51. The van der Waals surface area contributed by atoms with Crippen LogP contribution in [0.5, 0.6) is 17.2 Å². The Kier molecular flexibility index (Phi) is 5.98. The Morgan fingerprint density at radius 2 is 1.78 bits per heavy atom. The monoisotopic (exact) mass is 434 g/mol. The number of benzene rings is 1. The summed E-state index contributed by atoms with van der Waals surface area (Å²) in [5.74, 6) is 4.11. The summed E-state index contributed by atoms with van der Waals surface area (Å²) >= 11 is 0. The molecule has 1 N–H and O–H groups in total. The Hall–Kier alpha value is -3.46. The zero-order valence-electron chi connectivity index (χ0n) is 18.0. The van der Waals surface area contributed by atoms with Crippen LogP contribution in [0, 0.1) is 0 Å². The summed E-state index contributed by atoms with van der Waals surface area (Å²) in [6.07, 6.45) is 10.6. The third-order valence-electron chi connectivity index (χ3n) is 5.82. The molecule has 0 spiro atoms. The van der Waals surface area contributed by atoms with Gasteiger partial charge in [-0.15, -0.1) is 0 Å². The van der Waals surface area contributed by atoms with Gasteiger partial charge >= 0.3 is 0 Å². The lowest BCUT2D eigenvalue weighted by atomic mass is 9.93. The second-order valence-corrected chi connectivity index (χ2v) is 7.90. The topological polar surface area (TPSA) is 94.5 Å². The number of aromatic nitrogens is 4. The summed E-state index contributed by atoms with van der Waals surface area (Å²) in [6.45, 7) is 3.92. The lowest BCUT2D eigenvalue weighted by Crippen LogP contribution is -2.33. The number of likely N-dealkylation sites (tertiary alicyclic amines) is 1. The van der Waals surface area contributed by atoms with E-state index in [1.54, 1.807) is 31.9 Å². The summed E-state index contributed by atoms with van der Waals surface area (Å²) < 4.78 is 17.0. The van der Waals surface area contributed by atoms with E-state index < -0.39 is 0 Å². The van der Waals surface area contributed by atoms with E-state index in [4.69, 9.17) is 19.2 Å². The summed E-state index contributed by atoms with van der Waals surface area (Å²) in [6, 6.07) is 3.98. The maximum atomic E-state index is 5.75. The summed E-state index contributed by atoms with van der Waals surface area (Å²) in [5, 5.41) is 3.17. The fourth-order valence-corrected chi connectivity index (χ4v) is 4.19. The maximum Gasteiger partial charge on any atom is 0.165 e. The van der Waals surface area contributed by atoms with Crippen molar-refractivity contribution in [3.05, 3.63) is 54.4 Å². The van der Waals surface area contributed by atoms with Crippen LogP contribution in [0.3, 0.4) is 0 Å². The molecule has 2 aliphatic heterocycles. The summed E-state index contributed by atoms with van der Waals surface area (Å²) in [7, 11) is 1.70. The molecule has 5 rings (SSSR count). The molecule has 9 heteroatoms. The van der Waals surface area contributed by atoms with Crippen molar-refractivity contribution in [1.29, 1.82) is 0 Å². The Morgan fingerprint density at radius 3 is 2.53 bits per heavy atom. The van der Waals surface area contributed by atoms with Gasteiger partial charge in [0.1, 0.15) is 30.6 Å². The lowest BCUT2D eigenvalue weighted by Gasteiger charge is -2.32. The molecule has 0 aliphatic carbocycles. The van der Waals surface area contributed by atoms with E-state index in [0.717, 1.165) is 61.0 Å². The number of nitrogens with zero attached hydrogens (tertiary/aromatic N) is 5. The quantitative estimate of drug-likeness (QED) is 0.628. The average molecular weight is 435 g/mol. The van der Waals surface area contributed by atoms with Gasteiger partial charge in [0.2, 0.25) is 0 Å². The Bertz CT molecular complexity index is 1060. The molecular weight excluding hydrogens is 408 g/mol. The predicted octanol–water partition coefficient (Wildman–Crippen LogP) is 3.17. The highest BCUT2D eigenvalue weighted by Crippen LogP contribution is 2.38. The average Bonchev–Trinajstić information content (AvgIpc) is 2.85. The normalized spacial score (nSPS) is 16.5. The zero-order chi connectivity index (χ0) is 21.8. The van der Waals surface area contributed by atoms with Crippen molar-refractivity contribution in [2.75, 3.05) is 38.7 Å². The van der Waals surface area contributed by atoms with Gasteiger partial charge in [-0.3, -0.25) is 14.9 Å². The third kappa shape index (κ3) is 4.57. The van der Waals surface area contributed by atoms with Crippen LogP contribution >= 0.6 is 0 Å². The number of rotatable bonds is 6. The fraction of sp³-hybridized carbons (Fsp3) is 0.391. The molecule has 1 aromatic carbocycles. The predicted molar refractivity (Wildman–Crippen MR) is 119 cm³/mol. The first kappa shape index (κ1) is 20.4. The van der Waals surface area contributed by atoms with Gasteiger partial charge in [0.05, 0.1) is 25.2 Å².